The minimum Gasteiger partial charge on any atom is -0.394 e. The molecular formula is C20H24N6O2. The SMILES string of the molecule is OCC1CCC(n2cnc3c(N4CCN(c5ccccc5)CC4)ncnc32)O1. The molecule has 4 heterocycles. The van der Waals surface area contributed by atoms with Crippen molar-refractivity contribution < 1.29 is 9.84 Å². The van der Waals surface area contributed by atoms with Gasteiger partial charge in [0, 0.05) is 31.9 Å². The molecule has 0 saturated carbocycles. The Balaban J connectivity index is 1.36. The highest BCUT2D eigenvalue weighted by Gasteiger charge is 2.29. The molecule has 2 aromatic heterocycles. The summed E-state index contributed by atoms with van der Waals surface area (Å²) >= 11 is 0. The topological polar surface area (TPSA) is 79.5 Å². The van der Waals surface area contributed by atoms with E-state index in [0.717, 1.165) is 56.0 Å². The van der Waals surface area contributed by atoms with Crippen LogP contribution in [0.2, 0.25) is 0 Å². The van der Waals surface area contributed by atoms with Crippen LogP contribution in [-0.4, -0.2) is 63.5 Å². The van der Waals surface area contributed by atoms with Crippen molar-refractivity contribution in [3.05, 3.63) is 43.0 Å². The number of ether oxygens (including phenoxy) is 1. The Morgan fingerprint density at radius 2 is 1.75 bits per heavy atom. The van der Waals surface area contributed by atoms with E-state index in [1.807, 2.05) is 10.6 Å². The molecule has 146 valence electrons. The molecule has 2 aliphatic rings. The monoisotopic (exact) mass is 380 g/mol. The number of aliphatic hydroxyl groups is 1. The fourth-order valence-corrected chi connectivity index (χ4v) is 4.12. The number of anilines is 2. The van der Waals surface area contributed by atoms with Crippen molar-refractivity contribution in [1.82, 2.24) is 19.5 Å². The predicted molar refractivity (Wildman–Crippen MR) is 106 cm³/mol. The zero-order valence-electron chi connectivity index (χ0n) is 15.7. The summed E-state index contributed by atoms with van der Waals surface area (Å²) in [6, 6.07) is 10.5. The van der Waals surface area contributed by atoms with Gasteiger partial charge in [-0.3, -0.25) is 4.57 Å². The van der Waals surface area contributed by atoms with Gasteiger partial charge in [-0.15, -0.1) is 0 Å². The van der Waals surface area contributed by atoms with Gasteiger partial charge in [0.05, 0.1) is 19.0 Å². The molecule has 2 atom stereocenters. The maximum atomic E-state index is 9.33. The average Bonchev–Trinajstić information content (AvgIpc) is 3.41. The first kappa shape index (κ1) is 17.4. The number of hydrogen-bond donors (Lipinski definition) is 1. The summed E-state index contributed by atoms with van der Waals surface area (Å²) in [4.78, 5) is 18.3. The first-order chi connectivity index (χ1) is 13.8. The van der Waals surface area contributed by atoms with E-state index >= 15 is 0 Å². The molecule has 8 nitrogen and oxygen atoms in total. The van der Waals surface area contributed by atoms with Gasteiger partial charge >= 0.3 is 0 Å². The number of aliphatic hydroxyl groups excluding tert-OH is 1. The maximum Gasteiger partial charge on any atom is 0.167 e. The van der Waals surface area contributed by atoms with Crippen LogP contribution in [0.5, 0.6) is 0 Å². The first-order valence-electron chi connectivity index (χ1n) is 9.82. The van der Waals surface area contributed by atoms with Crippen LogP contribution in [0.4, 0.5) is 11.5 Å². The van der Waals surface area contributed by atoms with Crippen LogP contribution in [0.25, 0.3) is 11.2 Å². The molecule has 1 aromatic carbocycles. The molecule has 0 radical (unpaired) electrons. The number of aromatic nitrogens is 4. The first-order valence-corrected chi connectivity index (χ1v) is 9.82. The zero-order chi connectivity index (χ0) is 18.9. The smallest absolute Gasteiger partial charge is 0.167 e. The third-order valence-corrected chi connectivity index (χ3v) is 5.64. The summed E-state index contributed by atoms with van der Waals surface area (Å²) in [5, 5.41) is 9.33. The summed E-state index contributed by atoms with van der Waals surface area (Å²) in [6.45, 7) is 3.72. The van der Waals surface area contributed by atoms with E-state index in [9.17, 15) is 5.11 Å². The minimum absolute atomic E-state index is 0.0507. The predicted octanol–water partition coefficient (Wildman–Crippen LogP) is 1.82. The molecule has 8 heteroatoms. The van der Waals surface area contributed by atoms with E-state index in [1.54, 1.807) is 12.7 Å². The van der Waals surface area contributed by atoms with Crippen molar-refractivity contribution in [3.63, 3.8) is 0 Å². The van der Waals surface area contributed by atoms with Gasteiger partial charge in [-0.1, -0.05) is 18.2 Å². The molecule has 5 rings (SSSR count). The van der Waals surface area contributed by atoms with Gasteiger partial charge < -0.3 is 19.6 Å². The number of hydrogen-bond acceptors (Lipinski definition) is 7. The highest BCUT2D eigenvalue weighted by Crippen LogP contribution is 2.32. The number of piperazine rings is 1. The molecule has 28 heavy (non-hydrogen) atoms. The lowest BCUT2D eigenvalue weighted by Crippen LogP contribution is -2.46. The second-order valence-corrected chi connectivity index (χ2v) is 7.30. The molecular weight excluding hydrogens is 356 g/mol. The Bertz CT molecular complexity index is 938. The molecule has 0 aliphatic carbocycles. The second kappa shape index (κ2) is 7.37. The lowest BCUT2D eigenvalue weighted by Gasteiger charge is -2.36. The largest absolute Gasteiger partial charge is 0.394 e. The van der Waals surface area contributed by atoms with E-state index in [2.05, 4.69) is 49.0 Å². The maximum absolute atomic E-state index is 9.33. The molecule has 2 saturated heterocycles. The van der Waals surface area contributed by atoms with E-state index in [4.69, 9.17) is 4.74 Å². The molecule has 0 spiro atoms. The summed E-state index contributed by atoms with van der Waals surface area (Å²) in [5.41, 5.74) is 2.86. The van der Waals surface area contributed by atoms with Crippen LogP contribution >= 0.6 is 0 Å². The van der Waals surface area contributed by atoms with E-state index in [-0.39, 0.29) is 18.9 Å². The Morgan fingerprint density at radius 3 is 2.50 bits per heavy atom. The number of benzene rings is 1. The third-order valence-electron chi connectivity index (χ3n) is 5.64. The Morgan fingerprint density at radius 1 is 0.964 bits per heavy atom. The fourth-order valence-electron chi connectivity index (χ4n) is 4.12. The lowest BCUT2D eigenvalue weighted by atomic mass is 10.2. The van der Waals surface area contributed by atoms with Crippen LogP contribution in [0.3, 0.4) is 0 Å². The van der Waals surface area contributed by atoms with Crippen LogP contribution in [-0.2, 0) is 4.74 Å². The Kier molecular flexibility index (Phi) is 4.58. The molecule has 1 N–H and O–H groups in total. The van der Waals surface area contributed by atoms with Gasteiger partial charge in [0.25, 0.3) is 0 Å². The quantitative estimate of drug-likeness (QED) is 0.740. The van der Waals surface area contributed by atoms with Crippen molar-refractivity contribution in [2.24, 2.45) is 0 Å². The molecule has 0 amide bonds. The molecule has 0 bridgehead atoms. The van der Waals surface area contributed by atoms with Gasteiger partial charge in [-0.2, -0.15) is 0 Å². The number of nitrogens with zero attached hydrogens (tertiary/aromatic N) is 6. The third kappa shape index (κ3) is 3.08. The van der Waals surface area contributed by atoms with Gasteiger partial charge in [-0.25, -0.2) is 15.0 Å². The van der Waals surface area contributed by atoms with Crippen LogP contribution < -0.4 is 9.80 Å². The fraction of sp³-hybridized carbons (Fsp3) is 0.450. The van der Waals surface area contributed by atoms with Crippen LogP contribution in [0, 0.1) is 0 Å². The van der Waals surface area contributed by atoms with E-state index in [1.165, 1.54) is 5.69 Å². The highest BCUT2D eigenvalue weighted by molar-refractivity contribution is 5.83. The van der Waals surface area contributed by atoms with Gasteiger partial charge in [0.15, 0.2) is 17.0 Å². The van der Waals surface area contributed by atoms with Crippen molar-refractivity contribution in [2.75, 3.05) is 42.6 Å². The number of para-hydroxylation sites is 1. The standard InChI is InChI=1S/C20H24N6O2/c27-12-16-6-7-17(28-16)26-14-23-18-19(21-13-22-20(18)26)25-10-8-24(9-11-25)15-4-2-1-3-5-15/h1-5,13-14,16-17,27H,6-12H2. The van der Waals surface area contributed by atoms with Crippen molar-refractivity contribution in [1.29, 1.82) is 0 Å². The van der Waals surface area contributed by atoms with E-state index in [0.29, 0.717) is 0 Å². The zero-order valence-corrected chi connectivity index (χ0v) is 15.7. The summed E-state index contributed by atoms with van der Waals surface area (Å²) < 4.78 is 7.87. The van der Waals surface area contributed by atoms with Gasteiger partial charge in [0.2, 0.25) is 0 Å². The summed E-state index contributed by atoms with van der Waals surface area (Å²) in [7, 11) is 0. The van der Waals surface area contributed by atoms with Crippen molar-refractivity contribution in [2.45, 2.75) is 25.2 Å². The normalized spacial score (nSPS) is 22.9. The summed E-state index contributed by atoms with van der Waals surface area (Å²) in [5.74, 6) is 0.883. The molecule has 3 aromatic rings. The van der Waals surface area contributed by atoms with Gasteiger partial charge in [-0.05, 0) is 25.0 Å². The van der Waals surface area contributed by atoms with Gasteiger partial charge in [0.1, 0.15) is 12.6 Å². The number of rotatable bonds is 4. The van der Waals surface area contributed by atoms with E-state index < -0.39 is 0 Å². The molecule has 2 fully saturated rings. The van der Waals surface area contributed by atoms with Crippen LogP contribution in [0.1, 0.15) is 19.1 Å². The second-order valence-electron chi connectivity index (χ2n) is 7.30. The average molecular weight is 380 g/mol. The Hall–Kier alpha value is -2.71. The Labute approximate surface area is 163 Å². The number of fused-ring (bicyclic) bond motifs is 1. The lowest BCUT2D eigenvalue weighted by molar-refractivity contribution is -0.0207. The van der Waals surface area contributed by atoms with Crippen molar-refractivity contribution >= 4 is 22.7 Å². The molecule has 2 aliphatic heterocycles. The summed E-state index contributed by atoms with van der Waals surface area (Å²) in [6.07, 6.45) is 4.87. The number of imidazole rings is 1. The highest BCUT2D eigenvalue weighted by atomic mass is 16.5. The molecule has 2 unspecified atom stereocenters. The van der Waals surface area contributed by atoms with Crippen LogP contribution in [0.15, 0.2) is 43.0 Å². The minimum atomic E-state index is -0.125. The van der Waals surface area contributed by atoms with Crippen molar-refractivity contribution in [3.8, 4) is 0 Å².